The maximum Gasteiger partial charge on any atom is 0.0695 e. The highest BCUT2D eigenvalue weighted by molar-refractivity contribution is 5.56. The van der Waals surface area contributed by atoms with Gasteiger partial charge in [0, 0.05) is 38.4 Å². The Morgan fingerprint density at radius 2 is 1.85 bits per heavy atom. The number of piperazine rings is 1. The van der Waals surface area contributed by atoms with Crippen LogP contribution >= 0.6 is 0 Å². The third kappa shape index (κ3) is 2.99. The summed E-state index contributed by atoms with van der Waals surface area (Å²) in [6.07, 6.45) is 2.36. The molecule has 3 rings (SSSR count). The molecular weight excluding hydrogens is 248 g/mol. The number of nitrogens with zero attached hydrogens (tertiary/aromatic N) is 2. The summed E-state index contributed by atoms with van der Waals surface area (Å²) in [7, 11) is 0. The van der Waals surface area contributed by atoms with Gasteiger partial charge >= 0.3 is 0 Å². The van der Waals surface area contributed by atoms with E-state index in [4.69, 9.17) is 0 Å². The van der Waals surface area contributed by atoms with Crippen LogP contribution in [0.25, 0.3) is 0 Å². The Bertz CT molecular complexity index is 462. The molecular formula is C17H26N2O. The zero-order chi connectivity index (χ0) is 14.1. The lowest BCUT2D eigenvalue weighted by Crippen LogP contribution is -2.49. The van der Waals surface area contributed by atoms with Crippen molar-refractivity contribution >= 4 is 5.69 Å². The summed E-state index contributed by atoms with van der Waals surface area (Å²) in [5.74, 6) is 0.590. The molecule has 0 bridgehead atoms. The van der Waals surface area contributed by atoms with Gasteiger partial charge in [0.15, 0.2) is 0 Å². The second kappa shape index (κ2) is 5.74. The first-order valence-electron chi connectivity index (χ1n) is 7.87. The molecule has 0 amide bonds. The third-order valence-corrected chi connectivity index (χ3v) is 4.90. The van der Waals surface area contributed by atoms with Crippen molar-refractivity contribution in [2.75, 3.05) is 37.6 Å². The van der Waals surface area contributed by atoms with Crippen LogP contribution in [0.5, 0.6) is 0 Å². The predicted molar refractivity (Wildman–Crippen MR) is 83.3 cm³/mol. The van der Waals surface area contributed by atoms with Crippen LogP contribution in [0, 0.1) is 19.8 Å². The molecule has 1 saturated heterocycles. The predicted octanol–water partition coefficient (Wildman–Crippen LogP) is 2.20. The zero-order valence-corrected chi connectivity index (χ0v) is 12.7. The molecule has 1 aromatic carbocycles. The number of aliphatic hydroxyl groups is 1. The van der Waals surface area contributed by atoms with Gasteiger partial charge < -0.3 is 10.0 Å². The number of anilines is 1. The van der Waals surface area contributed by atoms with Gasteiger partial charge in [0.05, 0.1) is 6.10 Å². The van der Waals surface area contributed by atoms with Crippen molar-refractivity contribution in [2.45, 2.75) is 32.8 Å². The van der Waals surface area contributed by atoms with Crippen LogP contribution in [0.2, 0.25) is 0 Å². The van der Waals surface area contributed by atoms with Crippen molar-refractivity contribution in [1.29, 1.82) is 0 Å². The summed E-state index contributed by atoms with van der Waals surface area (Å²) in [5.41, 5.74) is 4.15. The molecule has 0 aromatic heterocycles. The number of aryl methyl sites for hydroxylation is 1. The van der Waals surface area contributed by atoms with E-state index in [2.05, 4.69) is 41.8 Å². The van der Waals surface area contributed by atoms with Gasteiger partial charge in [-0.2, -0.15) is 0 Å². The standard InChI is InChI=1S/C17H26N2O/c1-13-4-3-5-16(14(13)2)19-10-8-18(9-11-19)12-17(20)15-6-7-15/h3-5,15,17,20H,6-12H2,1-2H3. The summed E-state index contributed by atoms with van der Waals surface area (Å²) in [4.78, 5) is 4.91. The van der Waals surface area contributed by atoms with Crippen LogP contribution in [0.1, 0.15) is 24.0 Å². The second-order valence-electron chi connectivity index (χ2n) is 6.41. The number of β-amino-alcohol motifs (C(OH)–C–C–N with tert-alkyl or cyclic N) is 1. The number of aliphatic hydroxyl groups excluding tert-OH is 1. The van der Waals surface area contributed by atoms with Crippen molar-refractivity contribution in [1.82, 2.24) is 4.90 Å². The first-order chi connectivity index (χ1) is 9.65. The number of benzene rings is 1. The van der Waals surface area contributed by atoms with Gasteiger partial charge in [-0.3, -0.25) is 4.90 Å². The molecule has 110 valence electrons. The van der Waals surface area contributed by atoms with Gasteiger partial charge in [-0.15, -0.1) is 0 Å². The van der Waals surface area contributed by atoms with E-state index in [0.29, 0.717) is 5.92 Å². The first kappa shape index (κ1) is 13.9. The van der Waals surface area contributed by atoms with Crippen molar-refractivity contribution in [3.63, 3.8) is 0 Å². The van der Waals surface area contributed by atoms with Crippen LogP contribution in [-0.4, -0.2) is 48.8 Å². The topological polar surface area (TPSA) is 26.7 Å². The van der Waals surface area contributed by atoms with E-state index in [1.165, 1.54) is 29.7 Å². The van der Waals surface area contributed by atoms with E-state index in [-0.39, 0.29) is 6.10 Å². The number of hydrogen-bond donors (Lipinski definition) is 1. The highest BCUT2D eigenvalue weighted by Crippen LogP contribution is 2.33. The Hall–Kier alpha value is -1.06. The Kier molecular flexibility index (Phi) is 3.99. The summed E-state index contributed by atoms with van der Waals surface area (Å²) >= 11 is 0. The summed E-state index contributed by atoms with van der Waals surface area (Å²) in [5, 5.41) is 10.0. The molecule has 1 saturated carbocycles. The first-order valence-corrected chi connectivity index (χ1v) is 7.87. The second-order valence-corrected chi connectivity index (χ2v) is 6.41. The third-order valence-electron chi connectivity index (χ3n) is 4.90. The molecule has 2 fully saturated rings. The van der Waals surface area contributed by atoms with Crippen LogP contribution in [0.3, 0.4) is 0 Å². The molecule has 0 radical (unpaired) electrons. The van der Waals surface area contributed by atoms with E-state index in [1.807, 2.05) is 0 Å². The number of rotatable bonds is 4. The summed E-state index contributed by atoms with van der Waals surface area (Å²) in [6, 6.07) is 6.57. The van der Waals surface area contributed by atoms with E-state index in [0.717, 1.165) is 32.7 Å². The zero-order valence-electron chi connectivity index (χ0n) is 12.7. The van der Waals surface area contributed by atoms with E-state index < -0.39 is 0 Å². The van der Waals surface area contributed by atoms with Crippen molar-refractivity contribution < 1.29 is 5.11 Å². The molecule has 2 aliphatic rings. The Balaban J connectivity index is 1.56. The fourth-order valence-corrected chi connectivity index (χ4v) is 3.14. The van der Waals surface area contributed by atoms with Gasteiger partial charge in [0.1, 0.15) is 0 Å². The quantitative estimate of drug-likeness (QED) is 0.912. The normalized spacial score (nSPS) is 22.1. The minimum Gasteiger partial charge on any atom is -0.392 e. The Morgan fingerprint density at radius 3 is 2.50 bits per heavy atom. The maximum atomic E-state index is 10.0. The molecule has 3 nitrogen and oxygen atoms in total. The monoisotopic (exact) mass is 274 g/mol. The highest BCUT2D eigenvalue weighted by Gasteiger charge is 2.31. The van der Waals surface area contributed by atoms with Gasteiger partial charge in [0.2, 0.25) is 0 Å². The van der Waals surface area contributed by atoms with Gasteiger partial charge in [-0.05, 0) is 49.8 Å². The molecule has 1 aliphatic heterocycles. The summed E-state index contributed by atoms with van der Waals surface area (Å²) in [6.45, 7) is 9.54. The lowest BCUT2D eigenvalue weighted by atomic mass is 10.1. The van der Waals surface area contributed by atoms with Gasteiger partial charge in [0.25, 0.3) is 0 Å². The minimum absolute atomic E-state index is 0.0951. The molecule has 1 unspecified atom stereocenters. The Morgan fingerprint density at radius 1 is 1.15 bits per heavy atom. The van der Waals surface area contributed by atoms with Gasteiger partial charge in [-0.1, -0.05) is 12.1 Å². The molecule has 0 spiro atoms. The smallest absolute Gasteiger partial charge is 0.0695 e. The lowest BCUT2D eigenvalue weighted by molar-refractivity contribution is 0.0922. The van der Waals surface area contributed by atoms with Crippen LogP contribution < -0.4 is 4.90 Å². The fourth-order valence-electron chi connectivity index (χ4n) is 3.14. The molecule has 1 atom stereocenters. The van der Waals surface area contributed by atoms with Crippen molar-refractivity contribution in [2.24, 2.45) is 5.92 Å². The SMILES string of the molecule is Cc1cccc(N2CCN(CC(O)C3CC3)CC2)c1C. The molecule has 3 heteroatoms. The van der Waals surface area contributed by atoms with E-state index in [1.54, 1.807) is 0 Å². The maximum absolute atomic E-state index is 10.0. The van der Waals surface area contributed by atoms with Crippen molar-refractivity contribution in [3.8, 4) is 0 Å². The lowest BCUT2D eigenvalue weighted by Gasteiger charge is -2.37. The number of hydrogen-bond acceptors (Lipinski definition) is 3. The van der Waals surface area contributed by atoms with E-state index in [9.17, 15) is 5.11 Å². The fraction of sp³-hybridized carbons (Fsp3) is 0.647. The van der Waals surface area contributed by atoms with Crippen LogP contribution in [-0.2, 0) is 0 Å². The molecule has 1 aliphatic carbocycles. The Labute approximate surface area is 122 Å². The largest absolute Gasteiger partial charge is 0.392 e. The average Bonchev–Trinajstić information content (AvgIpc) is 3.27. The van der Waals surface area contributed by atoms with Crippen LogP contribution in [0.15, 0.2) is 18.2 Å². The van der Waals surface area contributed by atoms with Crippen molar-refractivity contribution in [3.05, 3.63) is 29.3 Å². The molecule has 1 N–H and O–H groups in total. The molecule has 20 heavy (non-hydrogen) atoms. The molecule has 1 aromatic rings. The van der Waals surface area contributed by atoms with Crippen LogP contribution in [0.4, 0.5) is 5.69 Å². The summed E-state index contributed by atoms with van der Waals surface area (Å²) < 4.78 is 0. The average molecular weight is 274 g/mol. The highest BCUT2D eigenvalue weighted by atomic mass is 16.3. The van der Waals surface area contributed by atoms with E-state index >= 15 is 0 Å². The minimum atomic E-state index is -0.0951. The molecule has 1 heterocycles. The van der Waals surface area contributed by atoms with Gasteiger partial charge in [-0.25, -0.2) is 0 Å².